The van der Waals surface area contributed by atoms with Crippen LogP contribution in [-0.2, 0) is 15.6 Å². The Morgan fingerprint density at radius 2 is 2.14 bits per heavy atom. The molecule has 0 radical (unpaired) electrons. The number of hydrogen-bond donors (Lipinski definition) is 2. The molecule has 1 aliphatic heterocycles. The number of nitrogens with one attached hydrogen (secondary N) is 1. The van der Waals surface area contributed by atoms with Crippen LogP contribution in [0.2, 0.25) is 5.02 Å². The first-order valence-corrected chi connectivity index (χ1v) is 9.08. The Bertz CT molecular complexity index is 538. The SMILES string of the molecule is CN1CC[C@H](c2ccc(Cl)cc2)[C@@H](CS(=O)CC(=O)NO)C1. The third-order valence-electron chi connectivity index (χ3n) is 4.05. The van der Waals surface area contributed by atoms with Crippen LogP contribution in [0.3, 0.4) is 0 Å². The Kier molecular flexibility index (Phi) is 6.37. The summed E-state index contributed by atoms with van der Waals surface area (Å²) in [7, 11) is 0.764. The Morgan fingerprint density at radius 3 is 2.77 bits per heavy atom. The van der Waals surface area contributed by atoms with Crippen molar-refractivity contribution in [3.63, 3.8) is 0 Å². The van der Waals surface area contributed by atoms with Gasteiger partial charge in [0.25, 0.3) is 5.91 Å². The molecule has 122 valence electrons. The first-order valence-electron chi connectivity index (χ1n) is 7.21. The van der Waals surface area contributed by atoms with E-state index in [1.54, 1.807) is 0 Å². The highest BCUT2D eigenvalue weighted by molar-refractivity contribution is 7.85. The lowest BCUT2D eigenvalue weighted by Crippen LogP contribution is -2.40. The second-order valence-corrected chi connectivity index (χ2v) is 7.69. The van der Waals surface area contributed by atoms with Gasteiger partial charge in [-0.15, -0.1) is 0 Å². The van der Waals surface area contributed by atoms with Gasteiger partial charge in [-0.05, 0) is 49.5 Å². The average molecular weight is 345 g/mol. The maximum Gasteiger partial charge on any atom is 0.255 e. The van der Waals surface area contributed by atoms with Crippen LogP contribution in [0.4, 0.5) is 0 Å². The van der Waals surface area contributed by atoms with Crippen molar-refractivity contribution in [3.8, 4) is 0 Å². The smallest absolute Gasteiger partial charge is 0.255 e. The van der Waals surface area contributed by atoms with Gasteiger partial charge in [-0.25, -0.2) is 5.48 Å². The Balaban J connectivity index is 2.08. The number of benzene rings is 1. The van der Waals surface area contributed by atoms with Crippen molar-refractivity contribution < 1.29 is 14.2 Å². The zero-order valence-corrected chi connectivity index (χ0v) is 14.1. The summed E-state index contributed by atoms with van der Waals surface area (Å²) in [4.78, 5) is 13.4. The molecular weight excluding hydrogens is 324 g/mol. The van der Waals surface area contributed by atoms with E-state index in [1.165, 1.54) is 11.0 Å². The van der Waals surface area contributed by atoms with Crippen LogP contribution in [0.15, 0.2) is 24.3 Å². The standard InChI is InChI=1S/C15H21ClN2O3S/c1-18-7-6-14(11-2-4-13(16)5-3-11)12(8-18)9-22(21)10-15(19)17-20/h2-5,12,14,20H,6-10H2,1H3,(H,17,19)/t12-,14-,22?/m1/s1. The summed E-state index contributed by atoms with van der Waals surface area (Å²) in [5.74, 6) is 0.210. The predicted octanol–water partition coefficient (Wildman–Crippen LogP) is 1.63. The molecule has 0 spiro atoms. The van der Waals surface area contributed by atoms with Gasteiger partial charge in [-0.3, -0.25) is 14.2 Å². The minimum Gasteiger partial charge on any atom is -0.306 e. The maximum absolute atomic E-state index is 12.1. The van der Waals surface area contributed by atoms with E-state index in [0.29, 0.717) is 16.7 Å². The quantitative estimate of drug-likeness (QED) is 0.629. The first-order chi connectivity index (χ1) is 10.5. The van der Waals surface area contributed by atoms with Crippen LogP contribution >= 0.6 is 11.6 Å². The van der Waals surface area contributed by atoms with Crippen molar-refractivity contribution in [2.75, 3.05) is 31.6 Å². The fraction of sp³-hybridized carbons (Fsp3) is 0.533. The van der Waals surface area contributed by atoms with Gasteiger partial charge < -0.3 is 4.90 Å². The molecule has 1 amide bonds. The molecule has 7 heteroatoms. The number of hydroxylamine groups is 1. The largest absolute Gasteiger partial charge is 0.306 e. The van der Waals surface area contributed by atoms with Crippen LogP contribution in [0.25, 0.3) is 0 Å². The molecule has 1 saturated heterocycles. The minimum absolute atomic E-state index is 0.163. The Hall–Kier alpha value is -0.950. The van der Waals surface area contributed by atoms with E-state index >= 15 is 0 Å². The highest BCUT2D eigenvalue weighted by atomic mass is 35.5. The second-order valence-electron chi connectivity index (χ2n) is 5.75. The van der Waals surface area contributed by atoms with Crippen molar-refractivity contribution in [1.29, 1.82) is 0 Å². The molecule has 22 heavy (non-hydrogen) atoms. The third kappa shape index (κ3) is 4.78. The molecule has 1 unspecified atom stereocenters. The number of hydrogen-bond acceptors (Lipinski definition) is 4. The van der Waals surface area contributed by atoms with Gasteiger partial charge >= 0.3 is 0 Å². The van der Waals surface area contributed by atoms with Crippen molar-refractivity contribution >= 4 is 28.3 Å². The molecule has 0 aromatic heterocycles. The monoisotopic (exact) mass is 344 g/mol. The van der Waals surface area contributed by atoms with Gasteiger partial charge in [0.2, 0.25) is 0 Å². The van der Waals surface area contributed by atoms with E-state index in [4.69, 9.17) is 16.8 Å². The van der Waals surface area contributed by atoms with E-state index < -0.39 is 16.7 Å². The van der Waals surface area contributed by atoms with Gasteiger partial charge in [0.05, 0.1) is 0 Å². The van der Waals surface area contributed by atoms with Crippen molar-refractivity contribution in [2.24, 2.45) is 5.92 Å². The molecule has 3 atom stereocenters. The predicted molar refractivity (Wildman–Crippen MR) is 87.6 cm³/mol. The van der Waals surface area contributed by atoms with Gasteiger partial charge in [0, 0.05) is 28.1 Å². The first kappa shape index (κ1) is 17.4. The summed E-state index contributed by atoms with van der Waals surface area (Å²) in [5.41, 5.74) is 2.73. The molecule has 1 aromatic rings. The Labute approximate surface area is 138 Å². The van der Waals surface area contributed by atoms with Gasteiger partial charge in [-0.2, -0.15) is 0 Å². The normalized spacial score (nSPS) is 24.0. The lowest BCUT2D eigenvalue weighted by Gasteiger charge is -2.37. The van der Waals surface area contributed by atoms with E-state index in [1.807, 2.05) is 24.3 Å². The summed E-state index contributed by atoms with van der Waals surface area (Å²) in [6.45, 7) is 1.84. The number of rotatable bonds is 5. The number of carbonyl (C=O) groups is 1. The van der Waals surface area contributed by atoms with Crippen LogP contribution in [-0.4, -0.2) is 51.9 Å². The Morgan fingerprint density at radius 1 is 1.45 bits per heavy atom. The van der Waals surface area contributed by atoms with Crippen LogP contribution in [0.1, 0.15) is 17.9 Å². The zero-order chi connectivity index (χ0) is 16.1. The van der Waals surface area contributed by atoms with E-state index in [-0.39, 0.29) is 11.7 Å². The van der Waals surface area contributed by atoms with Crippen LogP contribution in [0.5, 0.6) is 0 Å². The van der Waals surface area contributed by atoms with Crippen molar-refractivity contribution in [1.82, 2.24) is 10.4 Å². The number of likely N-dealkylation sites (tertiary alicyclic amines) is 1. The molecule has 2 N–H and O–H groups in total. The fourth-order valence-electron chi connectivity index (χ4n) is 3.01. The summed E-state index contributed by atoms with van der Waals surface area (Å²) < 4.78 is 12.1. The van der Waals surface area contributed by atoms with Gasteiger partial charge in [0.15, 0.2) is 0 Å². The number of carbonyl (C=O) groups excluding carboxylic acids is 1. The van der Waals surface area contributed by atoms with Crippen molar-refractivity contribution in [3.05, 3.63) is 34.9 Å². The topological polar surface area (TPSA) is 69.6 Å². The molecule has 1 heterocycles. The summed E-state index contributed by atoms with van der Waals surface area (Å²) in [6.07, 6.45) is 0.992. The maximum atomic E-state index is 12.1. The van der Waals surface area contributed by atoms with E-state index in [9.17, 15) is 9.00 Å². The molecular formula is C15H21ClN2O3S. The summed E-state index contributed by atoms with van der Waals surface area (Å²) >= 11 is 5.94. The van der Waals surface area contributed by atoms with E-state index in [2.05, 4.69) is 11.9 Å². The molecule has 0 aliphatic carbocycles. The van der Waals surface area contributed by atoms with Gasteiger partial charge in [0.1, 0.15) is 5.75 Å². The lowest BCUT2D eigenvalue weighted by atomic mass is 9.81. The molecule has 0 saturated carbocycles. The number of halogens is 1. The zero-order valence-electron chi connectivity index (χ0n) is 12.5. The fourth-order valence-corrected chi connectivity index (χ4v) is 4.42. The van der Waals surface area contributed by atoms with Crippen LogP contribution in [0, 0.1) is 5.92 Å². The van der Waals surface area contributed by atoms with E-state index in [0.717, 1.165) is 19.5 Å². The highest BCUT2D eigenvalue weighted by Crippen LogP contribution is 2.33. The minimum atomic E-state index is -1.29. The summed E-state index contributed by atoms with van der Waals surface area (Å²) in [6, 6.07) is 7.80. The van der Waals surface area contributed by atoms with Gasteiger partial charge in [-0.1, -0.05) is 23.7 Å². The van der Waals surface area contributed by atoms with Crippen LogP contribution < -0.4 is 5.48 Å². The number of amides is 1. The van der Waals surface area contributed by atoms with Crippen molar-refractivity contribution in [2.45, 2.75) is 12.3 Å². The molecule has 0 bridgehead atoms. The molecule has 5 nitrogen and oxygen atoms in total. The average Bonchev–Trinajstić information content (AvgIpc) is 2.48. The third-order valence-corrected chi connectivity index (χ3v) is 5.69. The highest BCUT2D eigenvalue weighted by Gasteiger charge is 2.30. The molecule has 1 fully saturated rings. The lowest BCUT2D eigenvalue weighted by molar-refractivity contribution is -0.126. The number of nitrogens with zero attached hydrogens (tertiary/aromatic N) is 1. The molecule has 1 aliphatic rings. The second kappa shape index (κ2) is 8.06. The summed E-state index contributed by atoms with van der Waals surface area (Å²) in [5, 5.41) is 9.24. The molecule has 1 aromatic carbocycles. The number of piperidine rings is 1. The molecule has 2 rings (SSSR count).